The molecule has 0 radical (unpaired) electrons. The van der Waals surface area contributed by atoms with Gasteiger partial charge in [0.1, 0.15) is 10.9 Å². The van der Waals surface area contributed by atoms with E-state index in [-0.39, 0.29) is 0 Å². The van der Waals surface area contributed by atoms with Crippen molar-refractivity contribution in [3.05, 3.63) is 41.2 Å². The number of thiazole rings is 1. The molecule has 0 saturated heterocycles. The van der Waals surface area contributed by atoms with Gasteiger partial charge in [0.15, 0.2) is 0 Å². The molecule has 2 aromatic heterocycles. The Labute approximate surface area is 124 Å². The Balaban J connectivity index is 1.79. The molecule has 3 aromatic rings. The van der Waals surface area contributed by atoms with Crippen molar-refractivity contribution in [2.75, 3.05) is 0 Å². The SMILES string of the molecule is O=C(O)C1CCc2sc(-c3ccc4nccnc4c3)nc21. The molecule has 2 heterocycles. The highest BCUT2D eigenvalue weighted by molar-refractivity contribution is 7.15. The van der Waals surface area contributed by atoms with E-state index < -0.39 is 11.9 Å². The van der Waals surface area contributed by atoms with Gasteiger partial charge in [0.25, 0.3) is 0 Å². The fourth-order valence-corrected chi connectivity index (χ4v) is 3.82. The maximum absolute atomic E-state index is 11.2. The molecule has 0 bridgehead atoms. The van der Waals surface area contributed by atoms with Crippen LogP contribution in [0.1, 0.15) is 22.9 Å². The second-order valence-electron chi connectivity index (χ2n) is 5.02. The quantitative estimate of drug-likeness (QED) is 0.787. The number of aryl methyl sites for hydroxylation is 1. The summed E-state index contributed by atoms with van der Waals surface area (Å²) in [7, 11) is 0. The molecule has 104 valence electrons. The van der Waals surface area contributed by atoms with E-state index in [1.165, 1.54) is 0 Å². The first-order valence-corrected chi connectivity index (χ1v) is 7.47. The molecule has 0 fully saturated rings. The first kappa shape index (κ1) is 12.4. The van der Waals surface area contributed by atoms with Crippen LogP contribution >= 0.6 is 11.3 Å². The lowest BCUT2D eigenvalue weighted by molar-refractivity contribution is -0.138. The summed E-state index contributed by atoms with van der Waals surface area (Å²) in [6.45, 7) is 0. The van der Waals surface area contributed by atoms with E-state index in [0.29, 0.717) is 6.42 Å². The van der Waals surface area contributed by atoms with Crippen LogP contribution in [0.25, 0.3) is 21.6 Å². The molecule has 1 N–H and O–H groups in total. The highest BCUT2D eigenvalue weighted by Crippen LogP contribution is 2.40. The zero-order chi connectivity index (χ0) is 14.4. The Bertz CT molecular complexity index is 859. The van der Waals surface area contributed by atoms with Crippen LogP contribution in [0.5, 0.6) is 0 Å². The Morgan fingerprint density at radius 2 is 2.05 bits per heavy atom. The lowest BCUT2D eigenvalue weighted by Crippen LogP contribution is -2.08. The average molecular weight is 297 g/mol. The van der Waals surface area contributed by atoms with Gasteiger partial charge in [-0.05, 0) is 31.0 Å². The number of aliphatic carboxylic acids is 1. The fraction of sp³-hybridized carbons (Fsp3) is 0.200. The lowest BCUT2D eigenvalue weighted by Gasteiger charge is -2.02. The van der Waals surface area contributed by atoms with E-state index >= 15 is 0 Å². The van der Waals surface area contributed by atoms with E-state index in [4.69, 9.17) is 0 Å². The summed E-state index contributed by atoms with van der Waals surface area (Å²) in [6.07, 6.45) is 4.79. The van der Waals surface area contributed by atoms with Crippen LogP contribution in [0.4, 0.5) is 0 Å². The maximum atomic E-state index is 11.2. The van der Waals surface area contributed by atoms with Gasteiger partial charge >= 0.3 is 5.97 Å². The van der Waals surface area contributed by atoms with Gasteiger partial charge in [0.05, 0.1) is 16.7 Å². The van der Waals surface area contributed by atoms with Crippen molar-refractivity contribution in [2.45, 2.75) is 18.8 Å². The van der Waals surface area contributed by atoms with Gasteiger partial charge in [-0.1, -0.05) is 0 Å². The highest BCUT2D eigenvalue weighted by atomic mass is 32.1. The topological polar surface area (TPSA) is 76.0 Å². The van der Waals surface area contributed by atoms with Crippen LogP contribution in [-0.2, 0) is 11.2 Å². The fourth-order valence-electron chi connectivity index (χ4n) is 2.69. The van der Waals surface area contributed by atoms with Crippen LogP contribution < -0.4 is 0 Å². The molecule has 4 rings (SSSR count). The van der Waals surface area contributed by atoms with Crippen molar-refractivity contribution in [1.82, 2.24) is 15.0 Å². The van der Waals surface area contributed by atoms with Crippen molar-refractivity contribution < 1.29 is 9.90 Å². The second-order valence-corrected chi connectivity index (χ2v) is 6.10. The minimum atomic E-state index is -0.782. The zero-order valence-corrected chi connectivity index (χ0v) is 11.8. The number of carbonyl (C=O) groups is 1. The van der Waals surface area contributed by atoms with Crippen molar-refractivity contribution >= 4 is 28.3 Å². The van der Waals surface area contributed by atoms with Gasteiger partial charge in [-0.3, -0.25) is 14.8 Å². The van der Waals surface area contributed by atoms with Gasteiger partial charge < -0.3 is 5.11 Å². The van der Waals surface area contributed by atoms with Gasteiger partial charge in [-0.2, -0.15) is 0 Å². The summed E-state index contributed by atoms with van der Waals surface area (Å²) in [4.78, 5) is 25.4. The van der Waals surface area contributed by atoms with Crippen LogP contribution in [0.2, 0.25) is 0 Å². The molecular weight excluding hydrogens is 286 g/mol. The summed E-state index contributed by atoms with van der Waals surface area (Å²) in [5.74, 6) is -1.24. The minimum absolute atomic E-state index is 0.453. The third-order valence-corrected chi connectivity index (χ3v) is 4.91. The number of aromatic nitrogens is 3. The summed E-state index contributed by atoms with van der Waals surface area (Å²) in [6, 6.07) is 5.83. The number of benzene rings is 1. The molecular formula is C15H11N3O2S. The molecule has 0 aliphatic heterocycles. The summed E-state index contributed by atoms with van der Waals surface area (Å²) in [5, 5.41) is 10.1. The minimum Gasteiger partial charge on any atom is -0.481 e. The summed E-state index contributed by atoms with van der Waals surface area (Å²) >= 11 is 1.58. The van der Waals surface area contributed by atoms with Crippen molar-refractivity contribution in [3.8, 4) is 10.6 Å². The molecule has 1 atom stereocenters. The number of carboxylic acid groups (broad SMARTS) is 1. The molecule has 6 heteroatoms. The van der Waals surface area contributed by atoms with Crippen molar-refractivity contribution in [2.24, 2.45) is 0 Å². The van der Waals surface area contributed by atoms with Gasteiger partial charge in [-0.15, -0.1) is 11.3 Å². The molecule has 21 heavy (non-hydrogen) atoms. The predicted octanol–water partition coefficient (Wildman–Crippen LogP) is 2.87. The molecule has 1 unspecified atom stereocenters. The number of hydrogen-bond acceptors (Lipinski definition) is 5. The van der Waals surface area contributed by atoms with Crippen molar-refractivity contribution in [1.29, 1.82) is 0 Å². The Hall–Kier alpha value is -2.34. The van der Waals surface area contributed by atoms with Crippen LogP contribution in [-0.4, -0.2) is 26.0 Å². The highest BCUT2D eigenvalue weighted by Gasteiger charge is 2.32. The van der Waals surface area contributed by atoms with Crippen LogP contribution in [0, 0.1) is 0 Å². The number of fused-ring (bicyclic) bond motifs is 2. The van der Waals surface area contributed by atoms with E-state index in [0.717, 1.165) is 38.6 Å². The van der Waals surface area contributed by atoms with E-state index in [1.807, 2.05) is 18.2 Å². The Kier molecular flexibility index (Phi) is 2.71. The maximum Gasteiger partial charge on any atom is 0.312 e. The first-order valence-electron chi connectivity index (χ1n) is 6.66. The zero-order valence-electron chi connectivity index (χ0n) is 11.0. The monoisotopic (exact) mass is 297 g/mol. The average Bonchev–Trinajstić information content (AvgIpc) is 3.06. The molecule has 1 aliphatic carbocycles. The molecule has 1 aromatic carbocycles. The standard InChI is InChI=1S/C15H11N3O2S/c19-15(20)9-2-4-12-13(9)18-14(21-12)8-1-3-10-11(7-8)17-6-5-16-10/h1,3,5-7,9H,2,4H2,(H,19,20). The van der Waals surface area contributed by atoms with Crippen LogP contribution in [0.15, 0.2) is 30.6 Å². The lowest BCUT2D eigenvalue weighted by atomic mass is 10.1. The molecule has 1 aliphatic rings. The largest absolute Gasteiger partial charge is 0.481 e. The predicted molar refractivity (Wildman–Crippen MR) is 79.3 cm³/mol. The number of nitrogens with zero attached hydrogens (tertiary/aromatic N) is 3. The molecule has 0 amide bonds. The third kappa shape index (κ3) is 1.99. The van der Waals surface area contributed by atoms with E-state index in [2.05, 4.69) is 15.0 Å². The summed E-state index contributed by atoms with van der Waals surface area (Å²) < 4.78 is 0. The van der Waals surface area contributed by atoms with Crippen LogP contribution in [0.3, 0.4) is 0 Å². The second kappa shape index (κ2) is 4.60. The van der Waals surface area contributed by atoms with E-state index in [9.17, 15) is 9.90 Å². The summed E-state index contributed by atoms with van der Waals surface area (Å²) in [5.41, 5.74) is 3.36. The molecule has 0 spiro atoms. The molecule has 5 nitrogen and oxygen atoms in total. The van der Waals surface area contributed by atoms with Gasteiger partial charge in [0.2, 0.25) is 0 Å². The van der Waals surface area contributed by atoms with Gasteiger partial charge in [0, 0.05) is 22.8 Å². The smallest absolute Gasteiger partial charge is 0.312 e. The Morgan fingerprint density at radius 1 is 1.24 bits per heavy atom. The Morgan fingerprint density at radius 3 is 2.86 bits per heavy atom. The van der Waals surface area contributed by atoms with Crippen molar-refractivity contribution in [3.63, 3.8) is 0 Å². The number of hydrogen-bond donors (Lipinski definition) is 1. The third-order valence-electron chi connectivity index (χ3n) is 3.73. The number of carboxylic acids is 1. The first-order chi connectivity index (χ1) is 10.2. The number of rotatable bonds is 2. The van der Waals surface area contributed by atoms with E-state index in [1.54, 1.807) is 23.7 Å². The molecule has 0 saturated carbocycles. The van der Waals surface area contributed by atoms with Gasteiger partial charge in [-0.25, -0.2) is 4.98 Å². The normalized spacial score (nSPS) is 17.0.